The second kappa shape index (κ2) is 13.0. The van der Waals surface area contributed by atoms with E-state index in [1.807, 2.05) is 0 Å². The Kier molecular flexibility index (Phi) is 9.31. The van der Waals surface area contributed by atoms with Crippen molar-refractivity contribution in [3.63, 3.8) is 0 Å². The van der Waals surface area contributed by atoms with Gasteiger partial charge in [0.15, 0.2) is 5.75 Å². The number of nitrogens with zero attached hydrogens (tertiary/aromatic N) is 4. The molecule has 0 aliphatic rings. The van der Waals surface area contributed by atoms with Gasteiger partial charge in [0, 0.05) is 22.8 Å². The standard InChI is InChI=1S/C26H20ClN7O12S3/c1-46-15-4-7-18(20(11-15)48(40,41)42)33-34-22-21(49(43,44)45)9-12-8-13(2-5-16(12)23(22)35)28-24-30-25(32-26(36)31-24)29-14-3-6-17(27)19(10-14)47(37,38)39/h2-11,35H,1H3,(H,37,38,39)(H,40,41,42)(H,43,44,45)(H3,28,29,30,31,32,36). The molecule has 1 aromatic heterocycles. The fourth-order valence-electron chi connectivity index (χ4n) is 4.28. The predicted octanol–water partition coefficient (Wildman–Crippen LogP) is 4.33. The number of methoxy groups -OCH3 is 1. The molecule has 5 aromatic rings. The molecular formula is C26H20ClN7O12S3. The number of aromatic hydroxyl groups is 1. The molecule has 0 saturated carbocycles. The lowest BCUT2D eigenvalue weighted by Crippen LogP contribution is -2.16. The third-order valence-electron chi connectivity index (χ3n) is 6.41. The van der Waals surface area contributed by atoms with Gasteiger partial charge in [0.25, 0.3) is 30.4 Å². The van der Waals surface area contributed by atoms with Crippen molar-refractivity contribution in [2.45, 2.75) is 14.7 Å². The molecule has 0 unspecified atom stereocenters. The van der Waals surface area contributed by atoms with Gasteiger partial charge in [0.05, 0.1) is 12.1 Å². The van der Waals surface area contributed by atoms with Gasteiger partial charge in [-0.25, -0.2) is 4.79 Å². The smallest absolute Gasteiger partial charge is 0.351 e. The second-order valence-electron chi connectivity index (χ2n) is 9.69. The van der Waals surface area contributed by atoms with E-state index >= 15 is 0 Å². The number of benzene rings is 4. The Morgan fingerprint density at radius 2 is 1.43 bits per heavy atom. The molecule has 7 N–H and O–H groups in total. The molecule has 49 heavy (non-hydrogen) atoms. The Labute approximate surface area is 280 Å². The minimum Gasteiger partial charge on any atom is -0.505 e. The van der Waals surface area contributed by atoms with Crippen molar-refractivity contribution < 1.29 is 48.8 Å². The van der Waals surface area contributed by atoms with E-state index in [0.29, 0.717) is 0 Å². The molecule has 0 fully saturated rings. The summed E-state index contributed by atoms with van der Waals surface area (Å²) < 4.78 is 105. The number of anilines is 4. The number of aromatic amines is 1. The predicted molar refractivity (Wildman–Crippen MR) is 173 cm³/mol. The highest BCUT2D eigenvalue weighted by Gasteiger charge is 2.23. The van der Waals surface area contributed by atoms with Crippen LogP contribution in [0.2, 0.25) is 5.02 Å². The molecule has 0 radical (unpaired) electrons. The SMILES string of the molecule is COc1ccc(N=Nc2c(S(=O)(=O)O)cc3cc(Nc4nc(Nc5ccc(Cl)c(S(=O)(=O)O)c5)[nH]c(=O)n4)ccc3c2O)c(S(=O)(=O)O)c1. The zero-order chi connectivity index (χ0) is 35.9. The van der Waals surface area contributed by atoms with Gasteiger partial charge in [-0.2, -0.15) is 35.2 Å². The Hall–Kier alpha value is -5.23. The number of nitrogens with one attached hydrogen (secondary N) is 3. The van der Waals surface area contributed by atoms with Crippen molar-refractivity contribution in [2.24, 2.45) is 10.2 Å². The zero-order valence-corrected chi connectivity index (χ0v) is 27.4. The molecule has 0 amide bonds. The van der Waals surface area contributed by atoms with Crippen LogP contribution in [0.15, 0.2) is 90.4 Å². The number of phenols is 1. The summed E-state index contributed by atoms with van der Waals surface area (Å²) in [5.41, 5.74) is -1.91. The van der Waals surface area contributed by atoms with E-state index in [1.165, 1.54) is 43.5 Å². The van der Waals surface area contributed by atoms with Crippen LogP contribution in [-0.2, 0) is 30.4 Å². The monoisotopic (exact) mass is 753 g/mol. The lowest BCUT2D eigenvalue weighted by molar-refractivity contribution is 0.412. The third kappa shape index (κ3) is 7.92. The molecule has 0 aliphatic carbocycles. The summed E-state index contributed by atoms with van der Waals surface area (Å²) in [5.74, 6) is -1.26. The number of rotatable bonds is 10. The maximum Gasteiger partial charge on any atom is 0.351 e. The maximum absolute atomic E-state index is 12.3. The summed E-state index contributed by atoms with van der Waals surface area (Å²) >= 11 is 5.82. The Morgan fingerprint density at radius 3 is 2.08 bits per heavy atom. The molecule has 4 aromatic carbocycles. The van der Waals surface area contributed by atoms with E-state index in [1.54, 1.807) is 0 Å². The van der Waals surface area contributed by atoms with Crippen molar-refractivity contribution in [3.05, 3.63) is 76.2 Å². The van der Waals surface area contributed by atoms with Crippen molar-refractivity contribution in [2.75, 3.05) is 17.7 Å². The van der Waals surface area contributed by atoms with Gasteiger partial charge >= 0.3 is 5.69 Å². The normalized spacial score (nSPS) is 12.3. The average molecular weight is 754 g/mol. The third-order valence-corrected chi connectivity index (χ3v) is 9.50. The first-order chi connectivity index (χ1) is 22.8. The molecular weight excluding hydrogens is 734 g/mol. The van der Waals surface area contributed by atoms with Crippen LogP contribution in [0.25, 0.3) is 10.8 Å². The lowest BCUT2D eigenvalue weighted by atomic mass is 10.1. The Balaban J connectivity index is 1.51. The number of fused-ring (bicyclic) bond motifs is 1. The molecule has 19 nitrogen and oxygen atoms in total. The van der Waals surface area contributed by atoms with Gasteiger partial charge in [-0.15, -0.1) is 10.2 Å². The van der Waals surface area contributed by atoms with Crippen LogP contribution >= 0.6 is 11.6 Å². The number of aromatic nitrogens is 3. The summed E-state index contributed by atoms with van der Waals surface area (Å²) in [7, 11) is -13.4. The summed E-state index contributed by atoms with van der Waals surface area (Å²) in [6.45, 7) is 0. The van der Waals surface area contributed by atoms with Crippen LogP contribution in [0.3, 0.4) is 0 Å². The summed E-state index contributed by atoms with van der Waals surface area (Å²) in [5, 5.41) is 23.4. The molecule has 0 atom stereocenters. The fraction of sp³-hybridized carbons (Fsp3) is 0.0385. The highest BCUT2D eigenvalue weighted by atomic mass is 35.5. The van der Waals surface area contributed by atoms with Crippen LogP contribution in [-0.4, -0.2) is 66.1 Å². The topological polar surface area (TPSA) is 300 Å². The van der Waals surface area contributed by atoms with E-state index in [2.05, 4.69) is 35.8 Å². The number of halogens is 1. The number of ether oxygens (including phenoxy) is 1. The second-order valence-corrected chi connectivity index (χ2v) is 14.3. The quantitative estimate of drug-likeness (QED) is 0.0771. The van der Waals surface area contributed by atoms with Gasteiger partial charge in [0.2, 0.25) is 11.9 Å². The molecule has 0 spiro atoms. The maximum atomic E-state index is 12.3. The fourth-order valence-corrected chi connectivity index (χ4v) is 6.58. The molecule has 5 rings (SSSR count). The van der Waals surface area contributed by atoms with Gasteiger partial charge < -0.3 is 20.5 Å². The highest BCUT2D eigenvalue weighted by Crippen LogP contribution is 2.42. The van der Waals surface area contributed by atoms with E-state index in [9.17, 15) is 48.8 Å². The first-order valence-corrected chi connectivity index (χ1v) is 17.7. The van der Waals surface area contributed by atoms with Crippen LogP contribution in [0.1, 0.15) is 0 Å². The van der Waals surface area contributed by atoms with E-state index in [4.69, 9.17) is 16.3 Å². The van der Waals surface area contributed by atoms with Crippen LogP contribution < -0.4 is 21.1 Å². The molecule has 256 valence electrons. The number of H-pyrrole nitrogens is 1. The molecule has 0 saturated heterocycles. The van der Waals surface area contributed by atoms with Crippen molar-refractivity contribution >= 4 is 87.4 Å². The number of hydrogen-bond acceptors (Lipinski definition) is 15. The summed E-state index contributed by atoms with van der Waals surface area (Å²) in [6, 6.07) is 11.7. The number of phenolic OH excluding ortho intramolecular Hbond substituents is 1. The number of hydrogen-bond donors (Lipinski definition) is 7. The average Bonchev–Trinajstić information content (AvgIpc) is 2.99. The highest BCUT2D eigenvalue weighted by molar-refractivity contribution is 7.86. The van der Waals surface area contributed by atoms with Crippen molar-refractivity contribution in [1.29, 1.82) is 0 Å². The van der Waals surface area contributed by atoms with Gasteiger partial charge in [-0.3, -0.25) is 18.6 Å². The first-order valence-electron chi connectivity index (χ1n) is 13.0. The molecule has 0 aliphatic heterocycles. The Morgan fingerprint density at radius 1 is 0.776 bits per heavy atom. The number of azo groups is 1. The van der Waals surface area contributed by atoms with E-state index < -0.39 is 67.9 Å². The molecule has 1 heterocycles. The van der Waals surface area contributed by atoms with Crippen molar-refractivity contribution in [1.82, 2.24) is 15.0 Å². The molecule has 0 bridgehead atoms. The van der Waals surface area contributed by atoms with Gasteiger partial charge in [0.1, 0.15) is 31.8 Å². The van der Waals surface area contributed by atoms with Crippen LogP contribution in [0.4, 0.5) is 34.6 Å². The minimum absolute atomic E-state index is 0.0109. The van der Waals surface area contributed by atoms with E-state index in [0.717, 1.165) is 24.3 Å². The van der Waals surface area contributed by atoms with Crippen molar-refractivity contribution in [3.8, 4) is 11.5 Å². The van der Waals surface area contributed by atoms with Gasteiger partial charge in [-0.05, 0) is 60.0 Å². The summed E-state index contributed by atoms with van der Waals surface area (Å²) in [4.78, 5) is 20.0. The minimum atomic E-state index is -5.09. The lowest BCUT2D eigenvalue weighted by Gasteiger charge is -2.12. The Bertz CT molecular complexity index is 2580. The largest absolute Gasteiger partial charge is 0.505 e. The van der Waals surface area contributed by atoms with Crippen LogP contribution in [0, 0.1) is 0 Å². The van der Waals surface area contributed by atoms with Gasteiger partial charge in [-0.1, -0.05) is 11.6 Å². The zero-order valence-electron chi connectivity index (χ0n) is 24.2. The summed E-state index contributed by atoms with van der Waals surface area (Å²) in [6.07, 6.45) is 0. The first kappa shape index (κ1) is 35.1. The van der Waals surface area contributed by atoms with E-state index in [-0.39, 0.29) is 44.8 Å². The van der Waals surface area contributed by atoms with Crippen LogP contribution in [0.5, 0.6) is 11.5 Å². The molecule has 23 heteroatoms.